The number of Topliss-reactive ketones (excluding diaryl/α,β-unsaturated/α-hetero) is 1. The number of methoxy groups -OCH3 is 1. The van der Waals surface area contributed by atoms with Crippen LogP contribution in [0.5, 0.6) is 0 Å². The number of anilines is 1. The Labute approximate surface area is 296 Å². The third-order valence-electron chi connectivity index (χ3n) is 10.9. The van der Waals surface area contributed by atoms with Crippen LogP contribution in [-0.2, 0) is 33.3 Å². The van der Waals surface area contributed by atoms with Gasteiger partial charge in [-0.15, -0.1) is 0 Å². The maximum atomic E-state index is 14.2. The van der Waals surface area contributed by atoms with Crippen molar-refractivity contribution in [3.05, 3.63) is 24.5 Å². The monoisotopic (exact) mass is 705 g/mol. The largest absolute Gasteiger partial charge is 0.458 e. The van der Waals surface area contributed by atoms with Gasteiger partial charge in [-0.3, -0.25) is 14.6 Å². The Bertz CT molecular complexity index is 1310. The number of cyclic esters (lactones) is 1. The Kier molecular flexibility index (Phi) is 13.3. The van der Waals surface area contributed by atoms with Crippen molar-refractivity contribution in [2.45, 2.75) is 128 Å². The summed E-state index contributed by atoms with van der Waals surface area (Å²) in [5, 5.41) is 21.4. The zero-order valence-electron chi connectivity index (χ0n) is 31.3. The van der Waals surface area contributed by atoms with Gasteiger partial charge in [0.2, 0.25) is 0 Å². The van der Waals surface area contributed by atoms with E-state index < -0.39 is 71.5 Å². The Hall–Kier alpha value is -2.88. The van der Waals surface area contributed by atoms with E-state index in [-0.39, 0.29) is 24.1 Å². The molecule has 14 heteroatoms. The summed E-state index contributed by atoms with van der Waals surface area (Å²) in [5.41, 5.74) is -1.38. The lowest BCUT2D eigenvalue weighted by Gasteiger charge is -2.47. The van der Waals surface area contributed by atoms with E-state index in [0.717, 1.165) is 5.69 Å². The number of aromatic nitrogens is 1. The van der Waals surface area contributed by atoms with Crippen LogP contribution in [0.3, 0.4) is 0 Å². The molecule has 3 unspecified atom stereocenters. The summed E-state index contributed by atoms with van der Waals surface area (Å²) in [6, 6.07) is 2.70. The van der Waals surface area contributed by atoms with E-state index in [1.165, 1.54) is 6.92 Å². The first-order chi connectivity index (χ1) is 23.5. The molecule has 282 valence electrons. The molecule has 50 heavy (non-hydrogen) atoms. The SMILES string of the molecule is CC[C@@H]1OC(=O)C(C)C(=O)[C@H](C)[C@@H](O[C@@H]2O[C@H](CNc3cccnc3)CC(N(C)C)C2O)[C@](C)(OC)C[C@@H](C)CN[C@H](C)[C@H]2NC(=O)O[C@]12C. The second-order valence-corrected chi connectivity index (χ2v) is 15.0. The quantitative estimate of drug-likeness (QED) is 0.230. The molecule has 0 saturated carbocycles. The third-order valence-corrected chi connectivity index (χ3v) is 10.9. The van der Waals surface area contributed by atoms with Gasteiger partial charge in [-0.1, -0.05) is 20.8 Å². The fraction of sp³-hybridized carbons (Fsp3) is 0.778. The molecule has 14 nitrogen and oxygen atoms in total. The molecule has 0 radical (unpaired) electrons. The number of aliphatic hydroxyl groups is 1. The zero-order valence-corrected chi connectivity index (χ0v) is 31.3. The van der Waals surface area contributed by atoms with E-state index in [1.54, 1.807) is 33.4 Å². The van der Waals surface area contributed by atoms with Crippen molar-refractivity contribution in [1.29, 1.82) is 0 Å². The van der Waals surface area contributed by atoms with Crippen molar-refractivity contribution in [3.8, 4) is 0 Å². The number of pyridine rings is 1. The number of likely N-dealkylation sites (N-methyl/N-ethyl adjacent to an activating group) is 1. The number of hydrogen-bond acceptors (Lipinski definition) is 13. The molecule has 1 aromatic heterocycles. The summed E-state index contributed by atoms with van der Waals surface area (Å²) in [4.78, 5) is 46.5. The smallest absolute Gasteiger partial charge is 0.408 e. The van der Waals surface area contributed by atoms with Gasteiger partial charge in [0.1, 0.15) is 18.1 Å². The van der Waals surface area contributed by atoms with Crippen molar-refractivity contribution < 1.29 is 43.2 Å². The normalized spacial score (nSPS) is 40.6. The number of fused-ring (bicyclic) bond motifs is 1. The van der Waals surface area contributed by atoms with Gasteiger partial charge in [-0.05, 0) is 85.6 Å². The highest BCUT2D eigenvalue weighted by Crippen LogP contribution is 2.37. The second-order valence-electron chi connectivity index (χ2n) is 15.0. The zero-order chi connectivity index (χ0) is 37.0. The number of hydrogen-bond donors (Lipinski definition) is 4. The molecule has 4 N–H and O–H groups in total. The molecule has 3 aliphatic heterocycles. The predicted octanol–water partition coefficient (Wildman–Crippen LogP) is 2.74. The van der Waals surface area contributed by atoms with Crippen molar-refractivity contribution in [3.63, 3.8) is 0 Å². The number of nitrogens with one attached hydrogen (secondary N) is 3. The van der Waals surface area contributed by atoms with Crippen molar-refractivity contribution in [2.24, 2.45) is 17.8 Å². The summed E-state index contributed by atoms with van der Waals surface area (Å²) in [6.45, 7) is 13.7. The summed E-state index contributed by atoms with van der Waals surface area (Å²) in [6.07, 6.45) is -0.0134. The van der Waals surface area contributed by atoms with Gasteiger partial charge < -0.3 is 49.6 Å². The minimum atomic E-state index is -1.17. The Morgan fingerprint density at radius 2 is 1.88 bits per heavy atom. The standard InChI is InChI=1S/C36H59N5O9/c1-11-27-36(7)30(40-34(45)50-36)23(5)38-17-20(2)16-35(6,46-10)31(21(3)28(42)22(4)32(44)48-27)49-33-29(43)26(41(8)9)15-25(47-33)19-39-24-13-12-14-37-18-24/h12-14,18,20-23,25-27,29-31,33,38-39,43H,11,15-17,19H2,1-10H3,(H,40,45)/t20-,21+,22?,23-,25+,26?,27+,29?,30-,31-,33+,35-,36-/m1/s1. The fourth-order valence-corrected chi connectivity index (χ4v) is 7.85. The number of aliphatic hydroxyl groups excluding tert-OH is 1. The molecule has 1 amide bonds. The second kappa shape index (κ2) is 16.6. The average molecular weight is 706 g/mol. The van der Waals surface area contributed by atoms with Crippen LogP contribution in [0.25, 0.3) is 0 Å². The number of esters is 1. The van der Waals surface area contributed by atoms with Crippen molar-refractivity contribution in [2.75, 3.05) is 39.6 Å². The lowest BCUT2D eigenvalue weighted by molar-refractivity contribution is -0.296. The maximum absolute atomic E-state index is 14.2. The first-order valence-electron chi connectivity index (χ1n) is 17.9. The van der Waals surface area contributed by atoms with Crippen LogP contribution in [0, 0.1) is 17.8 Å². The Morgan fingerprint density at radius 1 is 1.16 bits per heavy atom. The van der Waals surface area contributed by atoms with Crippen LogP contribution < -0.4 is 16.0 Å². The minimum absolute atomic E-state index is 0.00522. The van der Waals surface area contributed by atoms with E-state index in [9.17, 15) is 19.5 Å². The van der Waals surface area contributed by atoms with Crippen LogP contribution in [0.2, 0.25) is 0 Å². The number of amides is 1. The molecule has 13 atom stereocenters. The number of ether oxygens (including phenoxy) is 5. The van der Waals surface area contributed by atoms with E-state index >= 15 is 0 Å². The molecule has 4 heterocycles. The Balaban J connectivity index is 1.67. The van der Waals surface area contributed by atoms with Crippen molar-refractivity contribution >= 4 is 23.5 Å². The maximum Gasteiger partial charge on any atom is 0.408 e. The van der Waals surface area contributed by atoms with Gasteiger partial charge >= 0.3 is 12.1 Å². The first-order valence-corrected chi connectivity index (χ1v) is 17.9. The van der Waals surface area contributed by atoms with E-state index in [1.807, 2.05) is 51.9 Å². The lowest BCUT2D eigenvalue weighted by atomic mass is 9.78. The van der Waals surface area contributed by atoms with Gasteiger partial charge in [0.05, 0.1) is 29.5 Å². The molecule has 0 bridgehead atoms. The number of carbonyl (C=O) groups excluding carboxylic acids is 3. The van der Waals surface area contributed by atoms with E-state index in [4.69, 9.17) is 23.7 Å². The molecule has 0 aromatic carbocycles. The van der Waals surface area contributed by atoms with Gasteiger partial charge in [-0.25, -0.2) is 4.79 Å². The van der Waals surface area contributed by atoms with Gasteiger partial charge in [0.25, 0.3) is 0 Å². The van der Waals surface area contributed by atoms with Crippen LogP contribution in [-0.4, -0.2) is 127 Å². The summed E-state index contributed by atoms with van der Waals surface area (Å²) in [7, 11) is 5.37. The molecule has 3 saturated heterocycles. The molecular formula is C36H59N5O9. The number of carbonyl (C=O) groups is 3. The lowest BCUT2D eigenvalue weighted by Crippen LogP contribution is -2.60. The number of alkyl carbamates (subject to hydrolysis) is 1. The Morgan fingerprint density at radius 3 is 2.50 bits per heavy atom. The molecule has 1 aromatic rings. The summed E-state index contributed by atoms with van der Waals surface area (Å²) in [5.74, 6) is -3.16. The molecule has 3 aliphatic rings. The molecule has 4 rings (SSSR count). The topological polar surface area (TPSA) is 170 Å². The van der Waals surface area contributed by atoms with Crippen molar-refractivity contribution in [1.82, 2.24) is 20.5 Å². The average Bonchev–Trinajstić information content (AvgIpc) is 3.41. The highest BCUT2D eigenvalue weighted by atomic mass is 16.7. The highest BCUT2D eigenvalue weighted by Gasteiger charge is 2.55. The van der Waals surface area contributed by atoms with E-state index in [0.29, 0.717) is 32.4 Å². The van der Waals surface area contributed by atoms with Gasteiger partial charge in [0.15, 0.2) is 17.7 Å². The molecular weight excluding hydrogens is 646 g/mol. The van der Waals surface area contributed by atoms with E-state index in [2.05, 4.69) is 27.9 Å². The number of nitrogens with zero attached hydrogens (tertiary/aromatic N) is 2. The number of rotatable bonds is 8. The summed E-state index contributed by atoms with van der Waals surface area (Å²) >= 11 is 0. The third kappa shape index (κ3) is 8.76. The van der Waals surface area contributed by atoms with Crippen LogP contribution in [0.4, 0.5) is 10.5 Å². The van der Waals surface area contributed by atoms with Crippen LogP contribution in [0.1, 0.15) is 67.7 Å². The first kappa shape index (κ1) is 39.9. The molecule has 0 aliphatic carbocycles. The highest BCUT2D eigenvalue weighted by molar-refractivity contribution is 6.00. The minimum Gasteiger partial charge on any atom is -0.458 e. The molecule has 3 fully saturated rings. The van der Waals surface area contributed by atoms with Crippen LogP contribution >= 0.6 is 0 Å². The predicted molar refractivity (Wildman–Crippen MR) is 186 cm³/mol. The fourth-order valence-electron chi connectivity index (χ4n) is 7.85. The summed E-state index contributed by atoms with van der Waals surface area (Å²) < 4.78 is 31.1. The number of ketones is 1. The molecule has 0 spiro atoms. The van der Waals surface area contributed by atoms with Crippen LogP contribution in [0.15, 0.2) is 24.5 Å². The van der Waals surface area contributed by atoms with Gasteiger partial charge in [0, 0.05) is 44.0 Å². The van der Waals surface area contributed by atoms with Gasteiger partial charge in [-0.2, -0.15) is 0 Å².